The predicted octanol–water partition coefficient (Wildman–Crippen LogP) is 4.56. The van der Waals surface area contributed by atoms with Crippen LogP contribution in [0.3, 0.4) is 0 Å². The number of phenols is 1. The van der Waals surface area contributed by atoms with Crippen molar-refractivity contribution < 1.29 is 9.84 Å². The van der Waals surface area contributed by atoms with Gasteiger partial charge in [0.25, 0.3) is 0 Å². The molecule has 2 nitrogen and oxygen atoms in total. The minimum absolute atomic E-state index is 0.172. The molecule has 0 saturated heterocycles. The summed E-state index contributed by atoms with van der Waals surface area (Å²) in [7, 11) is 0. The molecule has 3 rings (SSSR count). The van der Waals surface area contributed by atoms with Crippen LogP contribution in [-0.4, -0.2) is 10.7 Å². The maximum Gasteiger partial charge on any atom is 0.127 e. The first kappa shape index (κ1) is 15.5. The van der Waals surface area contributed by atoms with Crippen molar-refractivity contribution in [2.75, 3.05) is 0 Å². The molecule has 1 aromatic carbocycles. The molecule has 1 aliphatic carbocycles. The summed E-state index contributed by atoms with van der Waals surface area (Å²) in [6.45, 7) is 8.51. The third-order valence-electron chi connectivity index (χ3n) is 4.61. The minimum atomic E-state index is -0.172. The topological polar surface area (TPSA) is 29.5 Å². The van der Waals surface area contributed by atoms with Crippen molar-refractivity contribution in [2.24, 2.45) is 5.92 Å². The molecule has 0 saturated carbocycles. The van der Waals surface area contributed by atoms with Gasteiger partial charge in [0.1, 0.15) is 17.1 Å². The standard InChI is InChI=1S/C17H22O2.C2H2/c1-10-5-6-13-12(7-10)16-14(18)8-11(2)9-15(16)19-17(13,3)4;1-2/h7-9,12-13,18H,5-6H2,1-4H3;1-2H/t12?,13-;/m1./s1. The zero-order valence-electron chi connectivity index (χ0n) is 13.3. The Morgan fingerprint density at radius 3 is 2.57 bits per heavy atom. The number of hydrogen-bond donors (Lipinski definition) is 1. The fourth-order valence-corrected chi connectivity index (χ4v) is 3.66. The van der Waals surface area contributed by atoms with Gasteiger partial charge in [-0.1, -0.05) is 11.6 Å². The van der Waals surface area contributed by atoms with E-state index >= 15 is 0 Å². The van der Waals surface area contributed by atoms with Crippen LogP contribution in [-0.2, 0) is 0 Å². The zero-order chi connectivity index (χ0) is 15.8. The number of aryl methyl sites for hydroxylation is 1. The first-order valence-electron chi connectivity index (χ1n) is 7.41. The Morgan fingerprint density at radius 2 is 1.90 bits per heavy atom. The van der Waals surface area contributed by atoms with Gasteiger partial charge < -0.3 is 9.84 Å². The zero-order valence-corrected chi connectivity index (χ0v) is 13.3. The second-order valence-corrected chi connectivity index (χ2v) is 6.59. The van der Waals surface area contributed by atoms with Crippen LogP contribution in [0.4, 0.5) is 0 Å². The second kappa shape index (κ2) is 5.48. The molecule has 2 aliphatic rings. The van der Waals surface area contributed by atoms with E-state index in [1.54, 1.807) is 0 Å². The van der Waals surface area contributed by atoms with Crippen molar-refractivity contribution in [1.29, 1.82) is 0 Å². The third-order valence-corrected chi connectivity index (χ3v) is 4.61. The molecule has 1 N–H and O–H groups in total. The number of benzene rings is 1. The lowest BCUT2D eigenvalue weighted by atomic mass is 9.68. The van der Waals surface area contributed by atoms with E-state index in [4.69, 9.17) is 4.74 Å². The van der Waals surface area contributed by atoms with Crippen LogP contribution in [0.2, 0.25) is 0 Å². The molecule has 0 amide bonds. The number of allylic oxidation sites excluding steroid dienone is 2. The lowest BCUT2D eigenvalue weighted by Crippen LogP contribution is -2.45. The Balaban J connectivity index is 0.000000774. The summed E-state index contributed by atoms with van der Waals surface area (Å²) >= 11 is 0. The summed E-state index contributed by atoms with van der Waals surface area (Å²) in [6, 6.07) is 3.89. The lowest BCUT2D eigenvalue weighted by molar-refractivity contribution is 0.0107. The van der Waals surface area contributed by atoms with E-state index in [1.165, 1.54) is 5.57 Å². The minimum Gasteiger partial charge on any atom is -0.507 e. The first-order valence-corrected chi connectivity index (χ1v) is 7.41. The van der Waals surface area contributed by atoms with Crippen molar-refractivity contribution in [3.05, 3.63) is 34.9 Å². The molecule has 1 unspecified atom stereocenters. The van der Waals surface area contributed by atoms with Gasteiger partial charge in [-0.15, -0.1) is 12.8 Å². The largest absolute Gasteiger partial charge is 0.507 e. The van der Waals surface area contributed by atoms with E-state index in [0.29, 0.717) is 11.7 Å². The summed E-state index contributed by atoms with van der Waals surface area (Å²) in [4.78, 5) is 0. The van der Waals surface area contributed by atoms with Gasteiger partial charge >= 0.3 is 0 Å². The molecule has 21 heavy (non-hydrogen) atoms. The van der Waals surface area contributed by atoms with E-state index in [0.717, 1.165) is 29.7 Å². The van der Waals surface area contributed by atoms with Gasteiger partial charge in [-0.2, -0.15) is 0 Å². The molecule has 1 heterocycles. The third kappa shape index (κ3) is 2.65. The van der Waals surface area contributed by atoms with Gasteiger partial charge in [0.15, 0.2) is 0 Å². The number of phenolic OH excluding ortho intramolecular Hbond substituents is 1. The molecule has 1 aliphatic heterocycles. The highest BCUT2D eigenvalue weighted by atomic mass is 16.5. The van der Waals surface area contributed by atoms with Crippen LogP contribution >= 0.6 is 0 Å². The average molecular weight is 284 g/mol. The molecule has 2 atom stereocenters. The van der Waals surface area contributed by atoms with Crippen molar-refractivity contribution in [3.63, 3.8) is 0 Å². The van der Waals surface area contributed by atoms with E-state index in [9.17, 15) is 5.11 Å². The monoisotopic (exact) mass is 284 g/mol. The first-order chi connectivity index (χ1) is 9.88. The van der Waals surface area contributed by atoms with E-state index < -0.39 is 0 Å². The van der Waals surface area contributed by atoms with Gasteiger partial charge in [0, 0.05) is 17.4 Å². The number of aromatic hydroxyl groups is 1. The normalized spacial score (nSPS) is 25.3. The molecule has 112 valence electrons. The molecule has 0 bridgehead atoms. The molecule has 0 radical (unpaired) electrons. The van der Waals surface area contributed by atoms with Gasteiger partial charge in [0.2, 0.25) is 0 Å². The van der Waals surface area contributed by atoms with Crippen LogP contribution in [0.25, 0.3) is 0 Å². The number of ether oxygens (including phenoxy) is 1. The molecule has 2 heteroatoms. The number of hydrogen-bond acceptors (Lipinski definition) is 2. The van der Waals surface area contributed by atoms with E-state index in [1.807, 2.05) is 19.1 Å². The highest BCUT2D eigenvalue weighted by molar-refractivity contribution is 5.53. The molecule has 0 spiro atoms. The van der Waals surface area contributed by atoms with Crippen molar-refractivity contribution in [1.82, 2.24) is 0 Å². The summed E-state index contributed by atoms with van der Waals surface area (Å²) in [6.07, 6.45) is 12.6. The second-order valence-electron chi connectivity index (χ2n) is 6.59. The Hall–Kier alpha value is -1.88. The van der Waals surface area contributed by atoms with Gasteiger partial charge in [-0.25, -0.2) is 0 Å². The highest BCUT2D eigenvalue weighted by Gasteiger charge is 2.45. The van der Waals surface area contributed by atoms with Crippen LogP contribution in [0, 0.1) is 25.7 Å². The molecular formula is C19H24O2. The van der Waals surface area contributed by atoms with Gasteiger partial charge in [-0.05, 0) is 58.2 Å². The summed E-state index contributed by atoms with van der Waals surface area (Å²) in [5.41, 5.74) is 3.27. The highest BCUT2D eigenvalue weighted by Crippen LogP contribution is 2.53. The summed E-state index contributed by atoms with van der Waals surface area (Å²) in [5, 5.41) is 10.3. The average Bonchev–Trinajstić information content (AvgIpc) is 2.38. The SMILES string of the molecule is C#C.CC1=CC2c3c(O)cc(C)cc3OC(C)(C)[C@@H]2CC1. The fraction of sp³-hybridized carbons (Fsp3) is 0.474. The molecular weight excluding hydrogens is 260 g/mol. The number of terminal acetylenes is 1. The fourth-order valence-electron chi connectivity index (χ4n) is 3.66. The van der Waals surface area contributed by atoms with Gasteiger partial charge in [0.05, 0.1) is 0 Å². The molecule has 1 aromatic rings. The van der Waals surface area contributed by atoms with Crippen LogP contribution < -0.4 is 4.74 Å². The smallest absolute Gasteiger partial charge is 0.127 e. The van der Waals surface area contributed by atoms with Crippen molar-refractivity contribution in [3.8, 4) is 24.3 Å². The summed E-state index contributed by atoms with van der Waals surface area (Å²) < 4.78 is 6.20. The van der Waals surface area contributed by atoms with E-state index in [-0.39, 0.29) is 11.5 Å². The Bertz CT molecular complexity index is 593. The Labute approximate surface area is 127 Å². The maximum absolute atomic E-state index is 10.3. The summed E-state index contributed by atoms with van der Waals surface area (Å²) in [5.74, 6) is 1.96. The molecule has 0 aromatic heterocycles. The van der Waals surface area contributed by atoms with Crippen molar-refractivity contribution >= 4 is 0 Å². The van der Waals surface area contributed by atoms with Crippen molar-refractivity contribution in [2.45, 2.75) is 52.1 Å². The Morgan fingerprint density at radius 1 is 1.24 bits per heavy atom. The van der Waals surface area contributed by atoms with Crippen LogP contribution in [0.1, 0.15) is 50.7 Å². The predicted molar refractivity (Wildman–Crippen MR) is 86.7 cm³/mol. The number of rotatable bonds is 0. The van der Waals surface area contributed by atoms with Crippen LogP contribution in [0.5, 0.6) is 11.5 Å². The number of fused-ring (bicyclic) bond motifs is 3. The maximum atomic E-state index is 10.3. The van der Waals surface area contributed by atoms with Gasteiger partial charge in [-0.3, -0.25) is 0 Å². The molecule has 0 fully saturated rings. The Kier molecular flexibility index (Phi) is 4.05. The van der Waals surface area contributed by atoms with E-state index in [2.05, 4.69) is 39.7 Å². The van der Waals surface area contributed by atoms with Crippen LogP contribution in [0.15, 0.2) is 23.8 Å². The quantitative estimate of drug-likeness (QED) is 0.559. The lowest BCUT2D eigenvalue weighted by Gasteiger charge is -2.46.